The fourth-order valence-electron chi connectivity index (χ4n) is 3.00. The van der Waals surface area contributed by atoms with Crippen LogP contribution in [0.3, 0.4) is 0 Å². The van der Waals surface area contributed by atoms with Gasteiger partial charge in [-0.25, -0.2) is 4.98 Å². The van der Waals surface area contributed by atoms with Crippen LogP contribution in [0, 0.1) is 0 Å². The van der Waals surface area contributed by atoms with E-state index in [-0.39, 0.29) is 0 Å². The second-order valence-electron chi connectivity index (χ2n) is 5.67. The zero-order valence-corrected chi connectivity index (χ0v) is 12.7. The van der Waals surface area contributed by atoms with Gasteiger partial charge in [-0.1, -0.05) is 12.1 Å². The van der Waals surface area contributed by atoms with Gasteiger partial charge in [-0.3, -0.25) is 10.1 Å². The van der Waals surface area contributed by atoms with Gasteiger partial charge in [0, 0.05) is 28.7 Å². The minimum Gasteiger partial charge on any atom is -0.338 e. The fraction of sp³-hybridized carbons (Fsp3) is 0. The lowest BCUT2D eigenvalue weighted by Gasteiger charge is -2.01. The van der Waals surface area contributed by atoms with Crippen molar-refractivity contribution >= 4 is 21.9 Å². The molecular formula is C19H13N5. The normalized spacial score (nSPS) is 11.3. The van der Waals surface area contributed by atoms with E-state index in [4.69, 9.17) is 0 Å². The molecule has 114 valence electrons. The SMILES string of the molecule is c1ccc(-c2ccc3[nH]nc(-c4cc5cccnc5[nH]4)c3c2)nc1. The Morgan fingerprint density at radius 2 is 1.79 bits per heavy atom. The summed E-state index contributed by atoms with van der Waals surface area (Å²) in [5, 5.41) is 9.72. The van der Waals surface area contributed by atoms with Gasteiger partial charge in [0.1, 0.15) is 11.3 Å². The molecule has 5 aromatic rings. The topological polar surface area (TPSA) is 70.2 Å². The van der Waals surface area contributed by atoms with Crippen LogP contribution in [0.2, 0.25) is 0 Å². The standard InChI is InChI=1S/C19H13N5/c1-2-8-20-15(5-1)12-6-7-16-14(10-12)18(24-23-16)17-11-13-4-3-9-21-19(13)22-17/h1-11H,(H,21,22)(H,23,24). The number of aromatic amines is 2. The maximum atomic E-state index is 4.49. The lowest BCUT2D eigenvalue weighted by atomic mass is 10.1. The molecule has 2 N–H and O–H groups in total. The van der Waals surface area contributed by atoms with Gasteiger partial charge in [0.15, 0.2) is 0 Å². The number of hydrogen-bond acceptors (Lipinski definition) is 3. The van der Waals surface area contributed by atoms with Gasteiger partial charge in [0.2, 0.25) is 0 Å². The lowest BCUT2D eigenvalue weighted by Crippen LogP contribution is -1.83. The Morgan fingerprint density at radius 1 is 0.833 bits per heavy atom. The first-order valence-corrected chi connectivity index (χ1v) is 7.72. The molecule has 5 rings (SSSR count). The molecule has 4 aromatic heterocycles. The van der Waals surface area contributed by atoms with E-state index in [1.807, 2.05) is 36.4 Å². The molecular weight excluding hydrogens is 298 g/mol. The van der Waals surface area contributed by atoms with Crippen LogP contribution in [0.25, 0.3) is 44.6 Å². The fourth-order valence-corrected chi connectivity index (χ4v) is 3.00. The molecule has 0 spiro atoms. The van der Waals surface area contributed by atoms with Gasteiger partial charge in [-0.05, 0) is 42.5 Å². The van der Waals surface area contributed by atoms with Crippen molar-refractivity contribution in [1.29, 1.82) is 0 Å². The van der Waals surface area contributed by atoms with Gasteiger partial charge in [0.25, 0.3) is 0 Å². The number of nitrogens with zero attached hydrogens (tertiary/aromatic N) is 3. The lowest BCUT2D eigenvalue weighted by molar-refractivity contribution is 1.12. The van der Waals surface area contributed by atoms with E-state index in [9.17, 15) is 0 Å². The second kappa shape index (κ2) is 5.03. The van der Waals surface area contributed by atoms with E-state index >= 15 is 0 Å². The Labute approximate surface area is 137 Å². The van der Waals surface area contributed by atoms with Crippen LogP contribution >= 0.6 is 0 Å². The summed E-state index contributed by atoms with van der Waals surface area (Å²) >= 11 is 0. The average molecular weight is 311 g/mol. The van der Waals surface area contributed by atoms with E-state index < -0.39 is 0 Å². The largest absolute Gasteiger partial charge is 0.338 e. The molecule has 4 heterocycles. The van der Waals surface area contributed by atoms with Crippen LogP contribution in [0.5, 0.6) is 0 Å². The van der Waals surface area contributed by atoms with Crippen molar-refractivity contribution in [2.24, 2.45) is 0 Å². The van der Waals surface area contributed by atoms with Gasteiger partial charge < -0.3 is 4.98 Å². The smallest absolute Gasteiger partial charge is 0.137 e. The number of rotatable bonds is 2. The predicted octanol–water partition coefficient (Wildman–Crippen LogP) is 4.17. The molecule has 0 aliphatic rings. The van der Waals surface area contributed by atoms with Gasteiger partial charge in [0.05, 0.1) is 16.9 Å². The predicted molar refractivity (Wildman–Crippen MR) is 94.4 cm³/mol. The minimum absolute atomic E-state index is 0.865. The van der Waals surface area contributed by atoms with Gasteiger partial charge in [-0.15, -0.1) is 0 Å². The first kappa shape index (κ1) is 13.0. The zero-order valence-electron chi connectivity index (χ0n) is 12.7. The first-order chi connectivity index (χ1) is 11.9. The summed E-state index contributed by atoms with van der Waals surface area (Å²) < 4.78 is 0. The molecule has 0 amide bonds. The Morgan fingerprint density at radius 3 is 2.67 bits per heavy atom. The van der Waals surface area contributed by atoms with Crippen molar-refractivity contribution in [3.63, 3.8) is 0 Å². The molecule has 0 saturated carbocycles. The van der Waals surface area contributed by atoms with E-state index in [2.05, 4.69) is 43.3 Å². The number of benzene rings is 1. The van der Waals surface area contributed by atoms with E-state index in [0.29, 0.717) is 0 Å². The molecule has 24 heavy (non-hydrogen) atoms. The first-order valence-electron chi connectivity index (χ1n) is 7.72. The van der Waals surface area contributed by atoms with Crippen molar-refractivity contribution in [2.45, 2.75) is 0 Å². The number of fused-ring (bicyclic) bond motifs is 2. The highest BCUT2D eigenvalue weighted by Gasteiger charge is 2.12. The number of nitrogens with one attached hydrogen (secondary N) is 2. The highest BCUT2D eigenvalue weighted by Crippen LogP contribution is 2.30. The number of H-pyrrole nitrogens is 2. The zero-order chi connectivity index (χ0) is 15.9. The summed E-state index contributed by atoms with van der Waals surface area (Å²) in [6.45, 7) is 0. The summed E-state index contributed by atoms with van der Waals surface area (Å²) in [4.78, 5) is 12.1. The number of aromatic nitrogens is 5. The summed E-state index contributed by atoms with van der Waals surface area (Å²) in [6, 6.07) is 18.2. The van der Waals surface area contributed by atoms with Crippen LogP contribution in [0.4, 0.5) is 0 Å². The average Bonchev–Trinajstić information content (AvgIpc) is 3.25. The third-order valence-electron chi connectivity index (χ3n) is 4.17. The molecule has 5 nitrogen and oxygen atoms in total. The Kier molecular flexibility index (Phi) is 2.72. The molecule has 0 unspecified atom stereocenters. The number of hydrogen-bond donors (Lipinski definition) is 2. The molecule has 0 atom stereocenters. The molecule has 0 bridgehead atoms. The van der Waals surface area contributed by atoms with Crippen molar-refractivity contribution in [1.82, 2.24) is 25.1 Å². The molecule has 5 heteroatoms. The van der Waals surface area contributed by atoms with Crippen LogP contribution < -0.4 is 0 Å². The van der Waals surface area contributed by atoms with Crippen molar-refractivity contribution in [3.05, 3.63) is 67.0 Å². The van der Waals surface area contributed by atoms with Gasteiger partial charge in [-0.2, -0.15) is 5.10 Å². The summed E-state index contributed by atoms with van der Waals surface area (Å²) in [7, 11) is 0. The second-order valence-corrected chi connectivity index (χ2v) is 5.67. The Bertz CT molecular complexity index is 1120. The van der Waals surface area contributed by atoms with Crippen LogP contribution in [-0.2, 0) is 0 Å². The van der Waals surface area contributed by atoms with Crippen LogP contribution in [0.1, 0.15) is 0 Å². The Hall–Kier alpha value is -3.47. The van der Waals surface area contributed by atoms with E-state index in [1.165, 1.54) is 0 Å². The Balaban J connectivity index is 1.71. The molecule has 0 aliphatic carbocycles. The molecule has 0 aliphatic heterocycles. The summed E-state index contributed by atoms with van der Waals surface area (Å²) in [6.07, 6.45) is 3.59. The third-order valence-corrected chi connectivity index (χ3v) is 4.17. The van der Waals surface area contributed by atoms with Crippen LogP contribution in [0.15, 0.2) is 67.0 Å². The van der Waals surface area contributed by atoms with Gasteiger partial charge >= 0.3 is 0 Å². The molecule has 0 saturated heterocycles. The molecule has 0 radical (unpaired) electrons. The molecule has 1 aromatic carbocycles. The summed E-state index contributed by atoms with van der Waals surface area (Å²) in [5.74, 6) is 0. The third kappa shape index (κ3) is 1.99. The van der Waals surface area contributed by atoms with E-state index in [0.717, 1.165) is 44.6 Å². The summed E-state index contributed by atoms with van der Waals surface area (Å²) in [5.41, 5.74) is 5.72. The minimum atomic E-state index is 0.865. The van der Waals surface area contributed by atoms with Crippen molar-refractivity contribution < 1.29 is 0 Å². The maximum absolute atomic E-state index is 4.49. The highest BCUT2D eigenvalue weighted by atomic mass is 15.1. The quantitative estimate of drug-likeness (QED) is 0.514. The van der Waals surface area contributed by atoms with Crippen molar-refractivity contribution in [3.8, 4) is 22.6 Å². The highest BCUT2D eigenvalue weighted by molar-refractivity contribution is 5.96. The van der Waals surface area contributed by atoms with Crippen LogP contribution in [-0.4, -0.2) is 25.1 Å². The number of pyridine rings is 2. The monoisotopic (exact) mass is 311 g/mol. The molecule has 0 fully saturated rings. The van der Waals surface area contributed by atoms with E-state index in [1.54, 1.807) is 12.4 Å². The van der Waals surface area contributed by atoms with Crippen molar-refractivity contribution in [2.75, 3.05) is 0 Å². The maximum Gasteiger partial charge on any atom is 0.137 e.